The third-order valence-corrected chi connectivity index (χ3v) is 6.12. The van der Waals surface area contributed by atoms with Gasteiger partial charge >= 0.3 is 0 Å². The number of rotatable bonds is 4. The molecule has 0 radical (unpaired) electrons. The minimum atomic E-state index is -0.657. The van der Waals surface area contributed by atoms with Crippen LogP contribution in [0.4, 0.5) is 10.2 Å². The van der Waals surface area contributed by atoms with Gasteiger partial charge in [-0.25, -0.2) is 14.4 Å². The van der Waals surface area contributed by atoms with Crippen molar-refractivity contribution in [1.29, 1.82) is 0 Å². The van der Waals surface area contributed by atoms with Crippen molar-refractivity contribution >= 4 is 49.2 Å². The summed E-state index contributed by atoms with van der Waals surface area (Å²) in [5.41, 5.74) is 0. The molecule has 1 aliphatic rings. The molecular weight excluding hydrogens is 447 g/mol. The highest BCUT2D eigenvalue weighted by molar-refractivity contribution is 9.10. The number of carbonyl (C=O) groups excluding carboxylic acids is 1. The summed E-state index contributed by atoms with van der Waals surface area (Å²) in [6.07, 6.45) is 0.929. The summed E-state index contributed by atoms with van der Waals surface area (Å²) in [7, 11) is 0. The maximum atomic E-state index is 13.2. The molecule has 146 valence electrons. The van der Waals surface area contributed by atoms with Gasteiger partial charge in [0.1, 0.15) is 28.5 Å². The zero-order valence-electron chi connectivity index (χ0n) is 15.1. The summed E-state index contributed by atoms with van der Waals surface area (Å²) in [6.45, 7) is 4.28. The molecule has 0 spiro atoms. The molecule has 3 aromatic rings. The van der Waals surface area contributed by atoms with E-state index >= 15 is 0 Å². The number of carbonyl (C=O) groups is 1. The minimum Gasteiger partial charge on any atom is -0.480 e. The van der Waals surface area contributed by atoms with Crippen molar-refractivity contribution in [3.63, 3.8) is 0 Å². The second kappa shape index (κ2) is 8.00. The molecule has 1 saturated heterocycles. The topological polar surface area (TPSA) is 58.6 Å². The van der Waals surface area contributed by atoms with Crippen molar-refractivity contribution < 1.29 is 13.9 Å². The highest BCUT2D eigenvalue weighted by atomic mass is 79.9. The zero-order chi connectivity index (χ0) is 19.7. The second-order valence-electron chi connectivity index (χ2n) is 6.48. The molecule has 9 heteroatoms. The summed E-state index contributed by atoms with van der Waals surface area (Å²) in [5, 5.41) is 3.06. The van der Waals surface area contributed by atoms with Crippen LogP contribution in [-0.2, 0) is 4.79 Å². The Morgan fingerprint density at radius 3 is 2.79 bits per heavy atom. The van der Waals surface area contributed by atoms with Gasteiger partial charge in [-0.1, -0.05) is 0 Å². The number of halogens is 2. The highest BCUT2D eigenvalue weighted by Crippen LogP contribution is 2.28. The Morgan fingerprint density at radius 2 is 2.04 bits per heavy atom. The number of benzene rings is 1. The fourth-order valence-corrected chi connectivity index (χ4v) is 4.41. The Kier molecular flexibility index (Phi) is 5.45. The Balaban J connectivity index is 1.39. The Labute approximate surface area is 174 Å². The first kappa shape index (κ1) is 19.1. The summed E-state index contributed by atoms with van der Waals surface area (Å²) < 4.78 is 19.4. The van der Waals surface area contributed by atoms with E-state index in [1.54, 1.807) is 29.5 Å². The first-order chi connectivity index (χ1) is 13.5. The van der Waals surface area contributed by atoms with Gasteiger partial charge in [-0.15, -0.1) is 11.3 Å². The van der Waals surface area contributed by atoms with Crippen LogP contribution in [0.15, 0.2) is 40.4 Å². The summed E-state index contributed by atoms with van der Waals surface area (Å²) in [4.78, 5) is 26.4. The normalized spacial score (nSPS) is 15.7. The number of anilines is 1. The molecule has 0 bridgehead atoms. The number of amides is 1. The molecule has 1 fully saturated rings. The van der Waals surface area contributed by atoms with Crippen LogP contribution >= 0.6 is 27.3 Å². The molecule has 0 aliphatic carbocycles. The number of hydrogen-bond acceptors (Lipinski definition) is 6. The first-order valence-electron chi connectivity index (χ1n) is 8.86. The van der Waals surface area contributed by atoms with E-state index in [0.717, 1.165) is 16.0 Å². The van der Waals surface area contributed by atoms with Crippen LogP contribution in [0.5, 0.6) is 5.75 Å². The van der Waals surface area contributed by atoms with E-state index in [1.165, 1.54) is 18.2 Å². The smallest absolute Gasteiger partial charge is 0.263 e. The van der Waals surface area contributed by atoms with Crippen LogP contribution < -0.4 is 9.64 Å². The second-order valence-corrected chi connectivity index (χ2v) is 8.23. The third-order valence-electron chi connectivity index (χ3n) is 4.68. The molecule has 6 nitrogen and oxygen atoms in total. The Bertz CT molecular complexity index is 1010. The van der Waals surface area contributed by atoms with Gasteiger partial charge in [0.2, 0.25) is 0 Å². The molecule has 0 saturated carbocycles. The van der Waals surface area contributed by atoms with E-state index in [2.05, 4.69) is 30.8 Å². The third kappa shape index (κ3) is 3.81. The lowest BCUT2D eigenvalue weighted by atomic mass is 10.2. The number of thiophene rings is 1. The zero-order valence-corrected chi connectivity index (χ0v) is 17.5. The van der Waals surface area contributed by atoms with Gasteiger partial charge in [-0.05, 0) is 52.5 Å². The molecule has 4 rings (SSSR count). The molecule has 0 N–H and O–H groups in total. The van der Waals surface area contributed by atoms with Crippen molar-refractivity contribution in [2.75, 3.05) is 31.1 Å². The number of hydrogen-bond donors (Lipinski definition) is 0. The number of fused-ring (bicyclic) bond motifs is 1. The van der Waals surface area contributed by atoms with Crippen molar-refractivity contribution in [3.05, 3.63) is 46.3 Å². The van der Waals surface area contributed by atoms with Gasteiger partial charge in [-0.2, -0.15) is 0 Å². The molecule has 1 atom stereocenters. The van der Waals surface area contributed by atoms with Crippen LogP contribution in [0, 0.1) is 5.82 Å². The van der Waals surface area contributed by atoms with Gasteiger partial charge in [0.05, 0.1) is 9.86 Å². The predicted molar refractivity (Wildman–Crippen MR) is 110 cm³/mol. The maximum Gasteiger partial charge on any atom is 0.263 e. The standard InChI is InChI=1S/C19H18BrFN4O2S/c1-12(27-16-3-2-13(21)10-15(16)20)19(26)25-7-5-24(6-8-25)17-14-4-9-28-18(14)23-11-22-17/h2-4,9-12H,5-8H2,1H3. The van der Waals surface area contributed by atoms with Gasteiger partial charge in [0.15, 0.2) is 6.10 Å². The maximum absolute atomic E-state index is 13.2. The molecule has 3 heterocycles. The molecule has 1 unspecified atom stereocenters. The highest BCUT2D eigenvalue weighted by Gasteiger charge is 2.27. The van der Waals surface area contributed by atoms with Crippen LogP contribution in [0.25, 0.3) is 10.2 Å². The fraction of sp³-hybridized carbons (Fsp3) is 0.316. The van der Waals surface area contributed by atoms with Crippen molar-refractivity contribution in [3.8, 4) is 5.75 Å². The van der Waals surface area contributed by atoms with Crippen molar-refractivity contribution in [2.24, 2.45) is 0 Å². The van der Waals surface area contributed by atoms with Crippen LogP contribution in [0.2, 0.25) is 0 Å². The van der Waals surface area contributed by atoms with Gasteiger partial charge < -0.3 is 14.5 Å². The molecule has 1 amide bonds. The lowest BCUT2D eigenvalue weighted by molar-refractivity contribution is -0.138. The van der Waals surface area contributed by atoms with Crippen LogP contribution in [0.3, 0.4) is 0 Å². The number of piperazine rings is 1. The first-order valence-corrected chi connectivity index (χ1v) is 10.5. The van der Waals surface area contributed by atoms with Crippen molar-refractivity contribution in [2.45, 2.75) is 13.0 Å². The van der Waals surface area contributed by atoms with Gasteiger partial charge in [-0.3, -0.25) is 4.79 Å². The summed E-state index contributed by atoms with van der Waals surface area (Å²) in [6, 6.07) is 6.17. The molecular formula is C19H18BrFN4O2S. The average molecular weight is 465 g/mol. The molecule has 28 heavy (non-hydrogen) atoms. The number of aromatic nitrogens is 2. The lowest BCUT2D eigenvalue weighted by Gasteiger charge is -2.36. The molecule has 1 aromatic carbocycles. The Hall–Kier alpha value is -2.26. The van der Waals surface area contributed by atoms with E-state index in [9.17, 15) is 9.18 Å². The Morgan fingerprint density at radius 1 is 1.25 bits per heavy atom. The number of ether oxygens (including phenoxy) is 1. The molecule has 1 aliphatic heterocycles. The summed E-state index contributed by atoms with van der Waals surface area (Å²) >= 11 is 4.85. The SMILES string of the molecule is CC(Oc1ccc(F)cc1Br)C(=O)N1CCN(c2ncnc3sccc23)CC1. The lowest BCUT2D eigenvalue weighted by Crippen LogP contribution is -2.52. The van der Waals surface area contributed by atoms with Gasteiger partial charge in [0.25, 0.3) is 5.91 Å². The quantitative estimate of drug-likeness (QED) is 0.588. The average Bonchev–Trinajstić information content (AvgIpc) is 3.18. The predicted octanol–water partition coefficient (Wildman–Crippen LogP) is 3.71. The van der Waals surface area contributed by atoms with E-state index in [0.29, 0.717) is 36.4 Å². The summed E-state index contributed by atoms with van der Waals surface area (Å²) in [5.74, 6) is 0.914. The van der Waals surface area contributed by atoms with Crippen LogP contribution in [-0.4, -0.2) is 53.1 Å². The largest absolute Gasteiger partial charge is 0.480 e. The number of nitrogens with zero attached hydrogens (tertiary/aromatic N) is 4. The minimum absolute atomic E-state index is 0.0840. The fourth-order valence-electron chi connectivity index (χ4n) is 3.24. The van der Waals surface area contributed by atoms with E-state index in [1.807, 2.05) is 11.4 Å². The van der Waals surface area contributed by atoms with E-state index in [4.69, 9.17) is 4.74 Å². The van der Waals surface area contributed by atoms with E-state index in [-0.39, 0.29) is 11.7 Å². The van der Waals surface area contributed by atoms with Crippen LogP contribution in [0.1, 0.15) is 6.92 Å². The monoisotopic (exact) mass is 464 g/mol. The molecule has 2 aromatic heterocycles. The van der Waals surface area contributed by atoms with Gasteiger partial charge in [0, 0.05) is 26.2 Å². The van der Waals surface area contributed by atoms with E-state index < -0.39 is 6.10 Å². The van der Waals surface area contributed by atoms with Crippen molar-refractivity contribution in [1.82, 2.24) is 14.9 Å².